The summed E-state index contributed by atoms with van der Waals surface area (Å²) in [7, 11) is 0. The zero-order valence-electron chi connectivity index (χ0n) is 12.8. The maximum Gasteiger partial charge on any atom is 0.0453 e. The molecule has 0 radical (unpaired) electrons. The molecular formula is C16H17AsN2O5. The first kappa shape index (κ1) is 18.0. The van der Waals surface area contributed by atoms with E-state index in [9.17, 15) is 12.6 Å². The first-order valence-corrected chi connectivity index (χ1v) is 10.3. The van der Waals surface area contributed by atoms with Crippen molar-refractivity contribution in [1.82, 2.24) is 4.98 Å². The number of aromatic amines is 1. The summed E-state index contributed by atoms with van der Waals surface area (Å²) in [5.74, 6) is -0.294. The summed E-state index contributed by atoms with van der Waals surface area (Å²) in [5.41, 5.74) is 1.57. The molecule has 7 nitrogen and oxygen atoms in total. The van der Waals surface area contributed by atoms with Gasteiger partial charge in [0, 0.05) is 11.7 Å². The van der Waals surface area contributed by atoms with Crippen LogP contribution < -0.4 is 9.67 Å². The van der Waals surface area contributed by atoms with E-state index in [-0.39, 0.29) is 10.3 Å². The van der Waals surface area contributed by atoms with Gasteiger partial charge in [0.15, 0.2) is 0 Å². The fraction of sp³-hybridized carbons (Fsp3) is 0.0625. The molecule has 1 unspecified atom stereocenters. The first-order valence-electron chi connectivity index (χ1n) is 6.98. The molecule has 3 rings (SSSR count). The Morgan fingerprint density at radius 3 is 2.58 bits per heavy atom. The van der Waals surface area contributed by atoms with Gasteiger partial charge in [0.1, 0.15) is 0 Å². The maximum atomic E-state index is 11.3. The minimum absolute atomic E-state index is 0.0399. The van der Waals surface area contributed by atoms with Crippen LogP contribution in [-0.2, 0) is 12.4 Å². The second-order valence-electron chi connectivity index (χ2n) is 4.90. The van der Waals surface area contributed by atoms with Crippen LogP contribution in [-0.4, -0.2) is 34.4 Å². The molecule has 8 heteroatoms. The van der Waals surface area contributed by atoms with Crippen LogP contribution in [0.1, 0.15) is 6.92 Å². The molecule has 1 heterocycles. The van der Waals surface area contributed by atoms with Crippen molar-refractivity contribution < 1.29 is 21.8 Å². The largest absolute Gasteiger partial charge is 0.361 e. The van der Waals surface area contributed by atoms with Crippen molar-refractivity contribution in [2.24, 2.45) is 0 Å². The number of carbonyl (C=O) groups excluding carboxylic acids is 1. The van der Waals surface area contributed by atoms with Gasteiger partial charge in [-0.15, -0.1) is 0 Å². The Hall–Kier alpha value is -2.31. The number of benzene rings is 2. The predicted octanol–water partition coefficient (Wildman–Crippen LogP) is 1.87. The Bertz CT molecular complexity index is 847. The van der Waals surface area contributed by atoms with E-state index < -0.39 is 14.2 Å². The van der Waals surface area contributed by atoms with Gasteiger partial charge in [0.2, 0.25) is 0 Å². The van der Waals surface area contributed by atoms with Gasteiger partial charge < -0.3 is 4.98 Å². The molecule has 0 aliphatic heterocycles. The van der Waals surface area contributed by atoms with Gasteiger partial charge in [-0.1, -0.05) is 18.2 Å². The van der Waals surface area contributed by atoms with E-state index >= 15 is 0 Å². The second-order valence-corrected chi connectivity index (χ2v) is 8.51. The number of anilines is 1. The monoisotopic (exact) mass is 392 g/mol. The summed E-state index contributed by atoms with van der Waals surface area (Å²) in [6, 6.07) is 15.9. The third-order valence-corrected chi connectivity index (χ3v) is 5.48. The second kappa shape index (κ2) is 7.99. The van der Waals surface area contributed by atoms with Gasteiger partial charge in [0.05, 0.1) is 0 Å². The molecule has 0 bridgehead atoms. The number of fused-ring (bicyclic) bond motifs is 1. The average Bonchev–Trinajstić information content (AvgIpc) is 3.04. The van der Waals surface area contributed by atoms with Crippen LogP contribution in [0.2, 0.25) is 0 Å². The summed E-state index contributed by atoms with van der Waals surface area (Å²) in [5, 5.41) is 12.0. The van der Waals surface area contributed by atoms with Crippen molar-refractivity contribution in [2.45, 2.75) is 6.92 Å². The minimum Gasteiger partial charge on any atom is -0.361 e. The molecule has 2 aromatic carbocycles. The van der Waals surface area contributed by atoms with Crippen LogP contribution in [0, 0.1) is 0 Å². The summed E-state index contributed by atoms with van der Waals surface area (Å²) in [4.78, 5) is 13.8. The summed E-state index contributed by atoms with van der Waals surface area (Å²) in [6.07, 6.45) is 1.95. The van der Waals surface area contributed by atoms with Gasteiger partial charge >= 0.3 is 88.4 Å². The van der Waals surface area contributed by atoms with Crippen molar-refractivity contribution in [3.63, 3.8) is 0 Å². The minimum atomic E-state index is -4.83. The molecule has 0 saturated carbocycles. The molecule has 4 N–H and O–H groups in total. The molecule has 1 atom stereocenters. The predicted molar refractivity (Wildman–Crippen MR) is 91.1 cm³/mol. The Labute approximate surface area is 141 Å². The molecule has 1 amide bonds. The smallest absolute Gasteiger partial charge is 0.0453 e. The Balaban J connectivity index is 0.000000194. The van der Waals surface area contributed by atoms with E-state index in [4.69, 9.17) is 5.26 Å². The fourth-order valence-corrected chi connectivity index (χ4v) is 3.41. The van der Waals surface area contributed by atoms with Gasteiger partial charge in [-0.3, -0.25) is 0 Å². The number of aromatic nitrogens is 1. The van der Waals surface area contributed by atoms with E-state index in [1.54, 1.807) is 6.07 Å². The molecule has 3 aromatic rings. The maximum absolute atomic E-state index is 11.3. The third kappa shape index (κ3) is 4.84. The third-order valence-electron chi connectivity index (χ3n) is 3.07. The topological polar surface area (TPSA) is 112 Å². The Morgan fingerprint density at radius 2 is 1.92 bits per heavy atom. The molecule has 24 heavy (non-hydrogen) atoms. The Kier molecular flexibility index (Phi) is 6.00. The van der Waals surface area contributed by atoms with E-state index in [2.05, 4.69) is 32.4 Å². The van der Waals surface area contributed by atoms with E-state index in [0.29, 0.717) is 5.69 Å². The quantitative estimate of drug-likeness (QED) is 0.309. The number of hydrogen-bond acceptors (Lipinski definition) is 4. The normalized spacial score (nSPS) is 12.8. The number of nitrogens with one attached hydrogen (secondary N) is 2. The zero-order chi connectivity index (χ0) is 17.6. The number of para-hydroxylation sites is 1. The molecule has 0 saturated heterocycles. The molecule has 0 aliphatic carbocycles. The molecule has 0 spiro atoms. The van der Waals surface area contributed by atoms with Crippen LogP contribution >= 0.6 is 0 Å². The summed E-state index contributed by atoms with van der Waals surface area (Å²) in [6.45, 7) is 1.32. The van der Waals surface area contributed by atoms with Gasteiger partial charge in [-0.05, 0) is 17.5 Å². The molecule has 126 valence electrons. The fourth-order valence-electron chi connectivity index (χ4n) is 2.00. The number of rotatable bonds is 3. The SMILES string of the molecule is CC(=O)Nc1cccc([As](=O)(O)OO)c1.c1ccc2[nH]ccc2c1. The standard InChI is InChI=1S/C8H10AsNO5.C8H7N/c1-6(11)10-8-4-2-3-7(5-8)9(12,13)15-14;1-2-4-8-7(3-1)5-6-9-8/h2-5,14H,1H3,(H,10,11)(H,12,13);1-6,9H. The number of amides is 1. The number of carbonyl (C=O) groups is 1. The molecule has 0 aliphatic rings. The number of H-pyrrole nitrogens is 1. The summed E-state index contributed by atoms with van der Waals surface area (Å²) >= 11 is -4.83. The van der Waals surface area contributed by atoms with Crippen molar-refractivity contribution in [1.29, 1.82) is 0 Å². The van der Waals surface area contributed by atoms with Crippen LogP contribution in [0.25, 0.3) is 10.9 Å². The Morgan fingerprint density at radius 1 is 1.17 bits per heavy atom. The van der Waals surface area contributed by atoms with Gasteiger partial charge in [0.25, 0.3) is 0 Å². The van der Waals surface area contributed by atoms with Crippen LogP contribution in [0.15, 0.2) is 60.8 Å². The van der Waals surface area contributed by atoms with E-state index in [1.165, 1.54) is 36.0 Å². The molecule has 1 aromatic heterocycles. The van der Waals surface area contributed by atoms with Crippen LogP contribution in [0.4, 0.5) is 5.69 Å². The van der Waals surface area contributed by atoms with Crippen molar-refractivity contribution in [2.75, 3.05) is 5.32 Å². The van der Waals surface area contributed by atoms with Crippen LogP contribution in [0.5, 0.6) is 0 Å². The molecule has 0 fully saturated rings. The van der Waals surface area contributed by atoms with Crippen LogP contribution in [0.3, 0.4) is 0 Å². The molecular weight excluding hydrogens is 375 g/mol. The van der Waals surface area contributed by atoms with Crippen molar-refractivity contribution in [3.05, 3.63) is 60.8 Å². The van der Waals surface area contributed by atoms with Gasteiger partial charge in [-0.2, -0.15) is 0 Å². The average molecular weight is 392 g/mol. The number of hydrogen-bond donors (Lipinski definition) is 4. The first-order chi connectivity index (χ1) is 11.4. The van der Waals surface area contributed by atoms with Crippen molar-refractivity contribution in [3.8, 4) is 0 Å². The van der Waals surface area contributed by atoms with E-state index in [1.807, 2.05) is 18.3 Å². The zero-order valence-corrected chi connectivity index (χ0v) is 14.7. The van der Waals surface area contributed by atoms with Gasteiger partial charge in [-0.25, -0.2) is 0 Å². The summed E-state index contributed by atoms with van der Waals surface area (Å²) < 4.78 is 23.9. The van der Waals surface area contributed by atoms with E-state index in [0.717, 1.165) is 0 Å². The van der Waals surface area contributed by atoms with Crippen molar-refractivity contribution >= 4 is 41.0 Å².